The lowest BCUT2D eigenvalue weighted by molar-refractivity contribution is 0.0661. The number of nitrogens with one attached hydrogen (secondary N) is 1. The van der Waals surface area contributed by atoms with E-state index in [2.05, 4.69) is 10.2 Å². The van der Waals surface area contributed by atoms with E-state index in [9.17, 15) is 9.90 Å². The van der Waals surface area contributed by atoms with Crippen LogP contribution in [0.15, 0.2) is 30.3 Å². The highest BCUT2D eigenvalue weighted by molar-refractivity contribution is 5.74. The van der Waals surface area contributed by atoms with Gasteiger partial charge in [-0.1, -0.05) is 30.3 Å². The van der Waals surface area contributed by atoms with Crippen molar-refractivity contribution in [3.8, 4) is 0 Å². The molecule has 0 aliphatic carbocycles. The van der Waals surface area contributed by atoms with Crippen molar-refractivity contribution in [2.24, 2.45) is 5.92 Å². The van der Waals surface area contributed by atoms with Crippen LogP contribution in [0.25, 0.3) is 0 Å². The highest BCUT2D eigenvalue weighted by atomic mass is 16.3. The number of hydrogen-bond acceptors (Lipinski definition) is 3. The molecule has 2 rings (SSSR count). The zero-order chi connectivity index (χ0) is 17.5. The summed E-state index contributed by atoms with van der Waals surface area (Å²) in [5, 5.41) is 13.6. The number of amides is 2. The number of benzene rings is 1. The monoisotopic (exact) mass is 333 g/mol. The van der Waals surface area contributed by atoms with Crippen LogP contribution >= 0.6 is 0 Å². The van der Waals surface area contributed by atoms with Crippen LogP contribution in [-0.2, 0) is 0 Å². The van der Waals surface area contributed by atoms with E-state index in [0.717, 1.165) is 31.4 Å². The smallest absolute Gasteiger partial charge is 0.317 e. The summed E-state index contributed by atoms with van der Waals surface area (Å²) in [6.45, 7) is 4.43. The Kier molecular flexibility index (Phi) is 7.06. The van der Waals surface area contributed by atoms with Crippen molar-refractivity contribution in [2.45, 2.75) is 38.3 Å². The van der Waals surface area contributed by atoms with Gasteiger partial charge in [-0.05, 0) is 58.3 Å². The SMILES string of the molecule is CC(CCN(C)C)NC(=O)N1CCC(C(O)c2ccccc2)CC1. The van der Waals surface area contributed by atoms with Gasteiger partial charge in [0.15, 0.2) is 0 Å². The second-order valence-corrected chi connectivity index (χ2v) is 7.12. The first-order valence-corrected chi connectivity index (χ1v) is 8.90. The maximum absolute atomic E-state index is 12.3. The van der Waals surface area contributed by atoms with Crippen molar-refractivity contribution in [1.82, 2.24) is 15.1 Å². The van der Waals surface area contributed by atoms with Gasteiger partial charge in [0.2, 0.25) is 0 Å². The van der Waals surface area contributed by atoms with Gasteiger partial charge in [0.05, 0.1) is 6.10 Å². The second-order valence-electron chi connectivity index (χ2n) is 7.12. The van der Waals surface area contributed by atoms with Gasteiger partial charge in [-0.3, -0.25) is 0 Å². The summed E-state index contributed by atoms with van der Waals surface area (Å²) < 4.78 is 0. The molecule has 1 saturated heterocycles. The molecule has 2 unspecified atom stereocenters. The zero-order valence-electron chi connectivity index (χ0n) is 15.1. The number of hydrogen-bond donors (Lipinski definition) is 2. The normalized spacial score (nSPS) is 18.5. The lowest BCUT2D eigenvalue weighted by Crippen LogP contribution is -2.48. The Labute approximate surface area is 145 Å². The molecule has 0 aromatic heterocycles. The number of aliphatic hydroxyl groups is 1. The molecule has 2 N–H and O–H groups in total. The van der Waals surface area contributed by atoms with Gasteiger partial charge in [0.25, 0.3) is 0 Å². The van der Waals surface area contributed by atoms with E-state index < -0.39 is 6.10 Å². The summed E-state index contributed by atoms with van der Waals surface area (Å²) in [6, 6.07) is 10.0. The fourth-order valence-corrected chi connectivity index (χ4v) is 3.17. The average molecular weight is 333 g/mol. The minimum Gasteiger partial charge on any atom is -0.388 e. The van der Waals surface area contributed by atoms with Crippen molar-refractivity contribution >= 4 is 6.03 Å². The molecular formula is C19H31N3O2. The highest BCUT2D eigenvalue weighted by Crippen LogP contribution is 2.30. The summed E-state index contributed by atoms with van der Waals surface area (Å²) in [7, 11) is 4.08. The van der Waals surface area contributed by atoms with E-state index in [1.807, 2.05) is 56.3 Å². The van der Waals surface area contributed by atoms with Crippen LogP contribution in [-0.4, -0.2) is 60.7 Å². The third kappa shape index (κ3) is 5.49. The quantitative estimate of drug-likeness (QED) is 0.841. The molecule has 1 aliphatic rings. The number of rotatable bonds is 6. The molecule has 1 fully saturated rings. The molecule has 0 bridgehead atoms. The first kappa shape index (κ1) is 18.7. The van der Waals surface area contributed by atoms with Crippen LogP contribution in [0.3, 0.4) is 0 Å². The van der Waals surface area contributed by atoms with Gasteiger partial charge in [0.1, 0.15) is 0 Å². The summed E-state index contributed by atoms with van der Waals surface area (Å²) >= 11 is 0. The summed E-state index contributed by atoms with van der Waals surface area (Å²) in [6.07, 6.45) is 2.20. The molecule has 1 aromatic carbocycles. The Morgan fingerprint density at radius 1 is 1.29 bits per heavy atom. The number of carbonyl (C=O) groups is 1. The fraction of sp³-hybridized carbons (Fsp3) is 0.632. The fourth-order valence-electron chi connectivity index (χ4n) is 3.17. The van der Waals surface area contributed by atoms with Crippen LogP contribution in [0.1, 0.15) is 37.9 Å². The Morgan fingerprint density at radius 2 is 1.92 bits per heavy atom. The number of urea groups is 1. The lowest BCUT2D eigenvalue weighted by Gasteiger charge is -2.35. The standard InChI is InChI=1S/C19H31N3O2/c1-15(9-12-21(2)3)20-19(24)22-13-10-17(11-14-22)18(23)16-7-5-4-6-8-16/h4-8,15,17-18,23H,9-14H2,1-3H3,(H,20,24). The lowest BCUT2D eigenvalue weighted by atomic mass is 9.87. The Balaban J connectivity index is 1.76. The molecule has 5 heteroatoms. The first-order valence-electron chi connectivity index (χ1n) is 8.90. The van der Waals surface area contributed by atoms with Gasteiger partial charge in [-0.25, -0.2) is 4.79 Å². The van der Waals surface area contributed by atoms with Crippen molar-refractivity contribution in [3.05, 3.63) is 35.9 Å². The Bertz CT molecular complexity index is 499. The van der Waals surface area contributed by atoms with Gasteiger partial charge in [-0.15, -0.1) is 0 Å². The molecule has 5 nitrogen and oxygen atoms in total. The summed E-state index contributed by atoms with van der Waals surface area (Å²) in [5.41, 5.74) is 0.970. The third-order valence-corrected chi connectivity index (χ3v) is 4.79. The zero-order valence-corrected chi connectivity index (χ0v) is 15.1. The van der Waals surface area contributed by atoms with Crippen molar-refractivity contribution in [2.75, 3.05) is 33.7 Å². The summed E-state index contributed by atoms with van der Waals surface area (Å²) in [5.74, 6) is 0.225. The number of carbonyl (C=O) groups excluding carboxylic acids is 1. The van der Waals surface area contributed by atoms with Gasteiger partial charge in [0, 0.05) is 19.1 Å². The predicted molar refractivity (Wildman–Crippen MR) is 96.9 cm³/mol. The molecule has 2 amide bonds. The van der Waals surface area contributed by atoms with Crippen LogP contribution in [0.4, 0.5) is 4.79 Å². The molecule has 0 spiro atoms. The van der Waals surface area contributed by atoms with Gasteiger partial charge >= 0.3 is 6.03 Å². The summed E-state index contributed by atoms with van der Waals surface area (Å²) in [4.78, 5) is 16.3. The van der Waals surface area contributed by atoms with E-state index in [1.54, 1.807) is 0 Å². The van der Waals surface area contributed by atoms with E-state index in [-0.39, 0.29) is 18.0 Å². The van der Waals surface area contributed by atoms with E-state index >= 15 is 0 Å². The number of piperidine rings is 1. The van der Waals surface area contributed by atoms with Gasteiger partial charge < -0.3 is 20.2 Å². The Hall–Kier alpha value is -1.59. The topological polar surface area (TPSA) is 55.8 Å². The van der Waals surface area contributed by atoms with Crippen molar-refractivity contribution < 1.29 is 9.90 Å². The third-order valence-electron chi connectivity index (χ3n) is 4.79. The molecular weight excluding hydrogens is 302 g/mol. The van der Waals surface area contributed by atoms with E-state index in [4.69, 9.17) is 0 Å². The second kappa shape index (κ2) is 9.04. The molecule has 24 heavy (non-hydrogen) atoms. The van der Waals surface area contributed by atoms with Crippen LogP contribution in [0.2, 0.25) is 0 Å². The molecule has 1 aromatic rings. The molecule has 0 saturated carbocycles. The largest absolute Gasteiger partial charge is 0.388 e. The molecule has 134 valence electrons. The minimum absolute atomic E-state index is 0.0221. The molecule has 2 atom stereocenters. The number of likely N-dealkylation sites (tertiary alicyclic amines) is 1. The first-order chi connectivity index (χ1) is 11.5. The number of aliphatic hydroxyl groups excluding tert-OH is 1. The molecule has 0 radical (unpaired) electrons. The molecule has 1 aliphatic heterocycles. The van der Waals surface area contributed by atoms with E-state index in [1.165, 1.54) is 0 Å². The van der Waals surface area contributed by atoms with Crippen LogP contribution < -0.4 is 5.32 Å². The van der Waals surface area contributed by atoms with Crippen LogP contribution in [0.5, 0.6) is 0 Å². The maximum atomic E-state index is 12.3. The molecule has 1 heterocycles. The van der Waals surface area contributed by atoms with Gasteiger partial charge in [-0.2, -0.15) is 0 Å². The van der Waals surface area contributed by atoms with Crippen molar-refractivity contribution in [1.29, 1.82) is 0 Å². The maximum Gasteiger partial charge on any atom is 0.317 e. The highest BCUT2D eigenvalue weighted by Gasteiger charge is 2.28. The minimum atomic E-state index is -0.435. The predicted octanol–water partition coefficient (Wildman–Crippen LogP) is 2.48. The van der Waals surface area contributed by atoms with Crippen molar-refractivity contribution in [3.63, 3.8) is 0 Å². The van der Waals surface area contributed by atoms with E-state index in [0.29, 0.717) is 13.1 Å². The Morgan fingerprint density at radius 3 is 2.50 bits per heavy atom. The van der Waals surface area contributed by atoms with Crippen LogP contribution in [0, 0.1) is 5.92 Å². The average Bonchev–Trinajstić information content (AvgIpc) is 2.60. The number of nitrogens with zero attached hydrogens (tertiary/aromatic N) is 2.